The van der Waals surface area contributed by atoms with Crippen molar-refractivity contribution in [1.82, 2.24) is 9.97 Å². The van der Waals surface area contributed by atoms with Crippen LogP contribution in [0.25, 0.3) is 10.9 Å². The largest absolute Gasteiger partial charge is 0.376 e. The van der Waals surface area contributed by atoms with Crippen molar-refractivity contribution < 1.29 is 4.39 Å². The zero-order valence-electron chi connectivity index (χ0n) is 12.8. The number of aromatic nitrogens is 2. The Hall–Kier alpha value is -2.01. The predicted octanol–water partition coefficient (Wildman–Crippen LogP) is 5.13. The Kier molecular flexibility index (Phi) is 4.07. The molecule has 5 heteroatoms. The lowest BCUT2D eigenvalue weighted by Crippen LogP contribution is -2.08. The third-order valence-electron chi connectivity index (χ3n) is 3.57. The SMILES string of the molecule is CC(C)c1nc(C(C)Nc2ccnc3c(F)cccc23)cs1. The van der Waals surface area contributed by atoms with Crippen molar-refractivity contribution in [1.29, 1.82) is 0 Å². The molecule has 2 heterocycles. The Bertz CT molecular complexity index is 797. The summed E-state index contributed by atoms with van der Waals surface area (Å²) in [6.07, 6.45) is 1.63. The van der Waals surface area contributed by atoms with E-state index in [0.29, 0.717) is 11.4 Å². The molecule has 0 aliphatic rings. The molecule has 0 radical (unpaired) electrons. The van der Waals surface area contributed by atoms with E-state index in [2.05, 4.69) is 41.4 Å². The van der Waals surface area contributed by atoms with Crippen molar-refractivity contribution >= 4 is 27.9 Å². The smallest absolute Gasteiger partial charge is 0.149 e. The summed E-state index contributed by atoms with van der Waals surface area (Å²) in [5.74, 6) is 0.131. The average molecular weight is 315 g/mol. The van der Waals surface area contributed by atoms with Crippen LogP contribution in [0.15, 0.2) is 35.8 Å². The molecular formula is C17H18FN3S. The summed E-state index contributed by atoms with van der Waals surface area (Å²) >= 11 is 1.68. The van der Waals surface area contributed by atoms with Crippen LogP contribution in [0.5, 0.6) is 0 Å². The molecule has 1 unspecified atom stereocenters. The van der Waals surface area contributed by atoms with Crippen molar-refractivity contribution in [3.63, 3.8) is 0 Å². The summed E-state index contributed by atoms with van der Waals surface area (Å²) in [6.45, 7) is 6.34. The molecule has 0 saturated carbocycles. The summed E-state index contributed by atoms with van der Waals surface area (Å²) in [5.41, 5.74) is 2.27. The zero-order chi connectivity index (χ0) is 15.7. The quantitative estimate of drug-likeness (QED) is 0.725. The van der Waals surface area contributed by atoms with E-state index in [-0.39, 0.29) is 11.9 Å². The molecule has 3 nitrogen and oxygen atoms in total. The highest BCUT2D eigenvalue weighted by atomic mass is 32.1. The molecule has 1 aromatic carbocycles. The van der Waals surface area contributed by atoms with Crippen LogP contribution in [-0.2, 0) is 0 Å². The predicted molar refractivity (Wildman–Crippen MR) is 89.9 cm³/mol. The number of anilines is 1. The maximum atomic E-state index is 13.8. The molecule has 0 fully saturated rings. The minimum absolute atomic E-state index is 0.0533. The van der Waals surface area contributed by atoms with E-state index < -0.39 is 0 Å². The van der Waals surface area contributed by atoms with Crippen LogP contribution in [0.3, 0.4) is 0 Å². The van der Waals surface area contributed by atoms with Crippen LogP contribution in [0.2, 0.25) is 0 Å². The van der Waals surface area contributed by atoms with Gasteiger partial charge in [0.1, 0.15) is 11.3 Å². The Labute approximate surface area is 133 Å². The number of nitrogens with zero attached hydrogens (tertiary/aromatic N) is 2. The molecule has 1 N–H and O–H groups in total. The number of hydrogen-bond acceptors (Lipinski definition) is 4. The van der Waals surface area contributed by atoms with Gasteiger partial charge in [-0.1, -0.05) is 26.0 Å². The highest BCUT2D eigenvalue weighted by molar-refractivity contribution is 7.09. The van der Waals surface area contributed by atoms with E-state index in [1.165, 1.54) is 6.07 Å². The molecule has 0 aliphatic carbocycles. The van der Waals surface area contributed by atoms with Crippen LogP contribution >= 0.6 is 11.3 Å². The monoisotopic (exact) mass is 315 g/mol. The van der Waals surface area contributed by atoms with Gasteiger partial charge in [0.25, 0.3) is 0 Å². The summed E-state index contributed by atoms with van der Waals surface area (Å²) in [6, 6.07) is 6.93. The fourth-order valence-corrected chi connectivity index (χ4v) is 3.27. The number of para-hydroxylation sites is 1. The van der Waals surface area contributed by atoms with Gasteiger partial charge < -0.3 is 5.32 Å². The van der Waals surface area contributed by atoms with E-state index in [1.807, 2.05) is 12.1 Å². The van der Waals surface area contributed by atoms with Gasteiger partial charge in [-0.05, 0) is 19.1 Å². The van der Waals surface area contributed by atoms with Gasteiger partial charge in [0.05, 0.1) is 16.7 Å². The van der Waals surface area contributed by atoms with Gasteiger partial charge >= 0.3 is 0 Å². The van der Waals surface area contributed by atoms with Gasteiger partial charge in [0.15, 0.2) is 0 Å². The number of hydrogen-bond donors (Lipinski definition) is 1. The second-order valence-electron chi connectivity index (χ2n) is 5.63. The second-order valence-corrected chi connectivity index (χ2v) is 6.52. The Balaban J connectivity index is 1.90. The maximum Gasteiger partial charge on any atom is 0.149 e. The highest BCUT2D eigenvalue weighted by Gasteiger charge is 2.13. The minimum atomic E-state index is -0.301. The van der Waals surface area contributed by atoms with E-state index in [9.17, 15) is 4.39 Å². The van der Waals surface area contributed by atoms with Crippen molar-refractivity contribution in [3.8, 4) is 0 Å². The van der Waals surface area contributed by atoms with Crippen molar-refractivity contribution in [3.05, 3.63) is 52.4 Å². The lowest BCUT2D eigenvalue weighted by Gasteiger charge is -2.15. The number of halogens is 1. The van der Waals surface area contributed by atoms with E-state index in [0.717, 1.165) is 21.8 Å². The van der Waals surface area contributed by atoms with Crippen LogP contribution in [0, 0.1) is 5.82 Å². The normalized spacial score (nSPS) is 12.8. The molecule has 22 heavy (non-hydrogen) atoms. The number of thiazole rings is 1. The molecule has 0 saturated heterocycles. The van der Waals surface area contributed by atoms with Gasteiger partial charge in [-0.25, -0.2) is 9.37 Å². The van der Waals surface area contributed by atoms with Gasteiger partial charge in [-0.15, -0.1) is 11.3 Å². The molecule has 0 spiro atoms. The fraction of sp³-hybridized carbons (Fsp3) is 0.294. The van der Waals surface area contributed by atoms with E-state index >= 15 is 0 Å². The van der Waals surface area contributed by atoms with Crippen molar-refractivity contribution in [2.45, 2.75) is 32.7 Å². The maximum absolute atomic E-state index is 13.8. The summed E-state index contributed by atoms with van der Waals surface area (Å²) < 4.78 is 13.8. The standard InChI is InChI=1S/C17H18FN3S/c1-10(2)17-21-15(9-22-17)11(3)20-14-7-8-19-16-12(14)5-4-6-13(16)18/h4-11H,1-3H3,(H,19,20). The number of pyridine rings is 1. The number of rotatable bonds is 4. The third-order valence-corrected chi connectivity index (χ3v) is 4.73. The van der Waals surface area contributed by atoms with Gasteiger partial charge in [0.2, 0.25) is 0 Å². The second kappa shape index (κ2) is 6.01. The Morgan fingerprint density at radius 3 is 2.73 bits per heavy atom. The fourth-order valence-electron chi connectivity index (χ4n) is 2.34. The molecule has 0 amide bonds. The topological polar surface area (TPSA) is 37.8 Å². The molecule has 114 valence electrons. The van der Waals surface area contributed by atoms with Crippen LogP contribution in [0.4, 0.5) is 10.1 Å². The summed E-state index contributed by atoms with van der Waals surface area (Å²) in [5, 5.41) is 7.42. The van der Waals surface area contributed by atoms with Gasteiger partial charge in [-0.2, -0.15) is 0 Å². The third kappa shape index (κ3) is 2.81. The molecule has 3 aromatic rings. The van der Waals surface area contributed by atoms with Crippen molar-refractivity contribution in [2.75, 3.05) is 5.32 Å². The lowest BCUT2D eigenvalue weighted by molar-refractivity contribution is 0.637. The summed E-state index contributed by atoms with van der Waals surface area (Å²) in [7, 11) is 0. The first-order valence-electron chi connectivity index (χ1n) is 7.31. The molecule has 0 bridgehead atoms. The van der Waals surface area contributed by atoms with Crippen LogP contribution in [0.1, 0.15) is 43.4 Å². The molecule has 3 rings (SSSR count). The number of nitrogens with one attached hydrogen (secondary N) is 1. The summed E-state index contributed by atoms with van der Waals surface area (Å²) in [4.78, 5) is 8.79. The molecule has 1 atom stereocenters. The first-order chi connectivity index (χ1) is 10.6. The van der Waals surface area contributed by atoms with Crippen LogP contribution in [-0.4, -0.2) is 9.97 Å². The number of benzene rings is 1. The Morgan fingerprint density at radius 1 is 1.18 bits per heavy atom. The van der Waals surface area contributed by atoms with Crippen LogP contribution < -0.4 is 5.32 Å². The first-order valence-corrected chi connectivity index (χ1v) is 8.19. The molecule has 2 aromatic heterocycles. The Morgan fingerprint density at radius 2 is 2.00 bits per heavy atom. The molecular weight excluding hydrogens is 297 g/mol. The van der Waals surface area contributed by atoms with E-state index in [4.69, 9.17) is 0 Å². The highest BCUT2D eigenvalue weighted by Crippen LogP contribution is 2.28. The molecule has 0 aliphatic heterocycles. The first kappa shape index (κ1) is 14.9. The van der Waals surface area contributed by atoms with Crippen molar-refractivity contribution in [2.24, 2.45) is 0 Å². The van der Waals surface area contributed by atoms with Gasteiger partial charge in [-0.3, -0.25) is 4.98 Å². The van der Waals surface area contributed by atoms with Gasteiger partial charge in [0, 0.05) is 28.6 Å². The lowest BCUT2D eigenvalue weighted by atomic mass is 10.1. The minimum Gasteiger partial charge on any atom is -0.376 e. The zero-order valence-corrected chi connectivity index (χ0v) is 13.6. The number of fused-ring (bicyclic) bond motifs is 1. The average Bonchev–Trinajstić information content (AvgIpc) is 2.98. The van der Waals surface area contributed by atoms with E-state index in [1.54, 1.807) is 23.6 Å².